The van der Waals surface area contributed by atoms with Gasteiger partial charge in [-0.05, 0) is 30.9 Å². The van der Waals surface area contributed by atoms with E-state index in [1.165, 1.54) is 4.90 Å². The molecule has 168 valence electrons. The minimum atomic E-state index is -0.469. The Morgan fingerprint density at radius 3 is 2.76 bits per heavy atom. The van der Waals surface area contributed by atoms with E-state index in [2.05, 4.69) is 16.0 Å². The molecular formula is C24H24N6O3. The van der Waals surface area contributed by atoms with Gasteiger partial charge in [-0.2, -0.15) is 5.26 Å². The lowest BCUT2D eigenvalue weighted by Gasteiger charge is -2.35. The smallest absolute Gasteiger partial charge is 0.314 e. The SMILES string of the molecule is N#CC1(c2ccc(-c3cc4nccnc4c(OC[C@@H]4CN(C(N)=O)CCO4)n3)cc2)CCC1. The van der Waals surface area contributed by atoms with Crippen LogP contribution in [0.3, 0.4) is 0 Å². The van der Waals surface area contributed by atoms with Gasteiger partial charge in [-0.1, -0.05) is 24.3 Å². The summed E-state index contributed by atoms with van der Waals surface area (Å²) in [4.78, 5) is 26.5. The molecule has 2 aliphatic rings. The van der Waals surface area contributed by atoms with Crippen molar-refractivity contribution in [2.24, 2.45) is 5.73 Å². The molecule has 0 bridgehead atoms. The van der Waals surface area contributed by atoms with Crippen LogP contribution in [0.25, 0.3) is 22.3 Å². The Labute approximate surface area is 191 Å². The molecule has 1 aliphatic heterocycles. The van der Waals surface area contributed by atoms with Crippen LogP contribution in [0.15, 0.2) is 42.7 Å². The number of ether oxygens (including phenoxy) is 2. The Morgan fingerprint density at radius 1 is 1.27 bits per heavy atom. The van der Waals surface area contributed by atoms with Gasteiger partial charge < -0.3 is 20.1 Å². The Hall–Kier alpha value is -3.77. The first-order valence-corrected chi connectivity index (χ1v) is 11.0. The fourth-order valence-corrected chi connectivity index (χ4v) is 4.34. The number of aromatic nitrogens is 3. The van der Waals surface area contributed by atoms with E-state index in [0.717, 1.165) is 30.4 Å². The third kappa shape index (κ3) is 4.05. The standard InChI is InChI=1S/C24H24N6O3/c25-15-24(6-1-7-24)17-4-2-16(3-5-17)19-12-20-21(28-9-8-27-20)22(29-19)33-14-18-13-30(23(26)31)10-11-32-18/h2-5,8-9,12,18H,1,6-7,10-11,13-14H2,(H2,26,31)/t18-/m0/s1. The molecule has 5 rings (SSSR count). The summed E-state index contributed by atoms with van der Waals surface area (Å²) in [6.45, 7) is 1.44. The topological polar surface area (TPSA) is 127 Å². The summed E-state index contributed by atoms with van der Waals surface area (Å²) >= 11 is 0. The highest BCUT2D eigenvalue weighted by molar-refractivity contribution is 5.83. The fraction of sp³-hybridized carbons (Fsp3) is 0.375. The van der Waals surface area contributed by atoms with E-state index in [0.29, 0.717) is 42.3 Å². The molecule has 9 nitrogen and oxygen atoms in total. The van der Waals surface area contributed by atoms with E-state index in [1.807, 2.05) is 30.3 Å². The van der Waals surface area contributed by atoms with Crippen molar-refractivity contribution < 1.29 is 14.3 Å². The second-order valence-corrected chi connectivity index (χ2v) is 8.45. The third-order valence-electron chi connectivity index (χ3n) is 6.44. The van der Waals surface area contributed by atoms with Crippen molar-refractivity contribution in [3.63, 3.8) is 0 Å². The number of primary amides is 1. The van der Waals surface area contributed by atoms with Crippen molar-refractivity contribution >= 4 is 17.1 Å². The zero-order chi connectivity index (χ0) is 22.8. The Kier molecular flexibility index (Phi) is 5.52. The number of hydrogen-bond donors (Lipinski definition) is 1. The van der Waals surface area contributed by atoms with Gasteiger partial charge in [-0.25, -0.2) is 14.8 Å². The number of benzene rings is 1. The van der Waals surface area contributed by atoms with Gasteiger partial charge in [0.25, 0.3) is 0 Å². The summed E-state index contributed by atoms with van der Waals surface area (Å²) in [5, 5.41) is 9.61. The van der Waals surface area contributed by atoms with Gasteiger partial charge in [-0.15, -0.1) is 0 Å². The van der Waals surface area contributed by atoms with Gasteiger partial charge in [0.2, 0.25) is 5.88 Å². The molecule has 1 saturated heterocycles. The molecule has 1 aromatic carbocycles. The van der Waals surface area contributed by atoms with Gasteiger partial charge in [0, 0.05) is 24.5 Å². The monoisotopic (exact) mass is 444 g/mol. The number of carbonyl (C=O) groups is 1. The van der Waals surface area contributed by atoms with Crippen molar-refractivity contribution in [3.05, 3.63) is 48.3 Å². The van der Waals surface area contributed by atoms with E-state index in [4.69, 9.17) is 20.2 Å². The van der Waals surface area contributed by atoms with Gasteiger partial charge in [0.1, 0.15) is 12.7 Å². The van der Waals surface area contributed by atoms with Crippen molar-refractivity contribution in [3.8, 4) is 23.2 Å². The molecule has 2 fully saturated rings. The highest BCUT2D eigenvalue weighted by Gasteiger charge is 2.38. The largest absolute Gasteiger partial charge is 0.473 e. The summed E-state index contributed by atoms with van der Waals surface area (Å²) in [6, 6.07) is 11.9. The van der Waals surface area contributed by atoms with Crippen LogP contribution in [0, 0.1) is 11.3 Å². The zero-order valence-electron chi connectivity index (χ0n) is 18.1. The number of rotatable bonds is 5. The predicted octanol–water partition coefficient (Wildman–Crippen LogP) is 2.80. The van der Waals surface area contributed by atoms with Crippen molar-refractivity contribution in [1.82, 2.24) is 19.9 Å². The predicted molar refractivity (Wildman–Crippen MR) is 120 cm³/mol. The summed E-state index contributed by atoms with van der Waals surface area (Å²) in [5.74, 6) is 0.354. The average molecular weight is 444 g/mol. The van der Waals surface area contributed by atoms with Crippen LogP contribution in [0.5, 0.6) is 5.88 Å². The molecule has 3 aromatic rings. The highest BCUT2D eigenvalue weighted by atomic mass is 16.5. The van der Waals surface area contributed by atoms with E-state index in [9.17, 15) is 10.1 Å². The Bertz CT molecular complexity index is 1220. The first kappa shape index (κ1) is 21.1. The number of fused-ring (bicyclic) bond motifs is 1. The van der Waals surface area contributed by atoms with E-state index >= 15 is 0 Å². The van der Waals surface area contributed by atoms with Crippen molar-refractivity contribution in [1.29, 1.82) is 5.26 Å². The number of pyridine rings is 1. The molecular weight excluding hydrogens is 420 g/mol. The van der Waals surface area contributed by atoms with Crippen molar-refractivity contribution in [2.45, 2.75) is 30.8 Å². The number of carbonyl (C=O) groups excluding carboxylic acids is 1. The maximum atomic E-state index is 11.5. The average Bonchev–Trinajstić information content (AvgIpc) is 2.82. The number of nitriles is 1. The molecule has 1 saturated carbocycles. The number of nitrogens with two attached hydrogens (primary N) is 1. The van der Waals surface area contributed by atoms with Gasteiger partial charge in [0.15, 0.2) is 5.52 Å². The lowest BCUT2D eigenvalue weighted by molar-refractivity contribution is -0.0346. The number of hydrogen-bond acceptors (Lipinski definition) is 7. The Morgan fingerprint density at radius 2 is 2.06 bits per heavy atom. The summed E-state index contributed by atoms with van der Waals surface area (Å²) < 4.78 is 11.7. The number of amides is 2. The van der Waals surface area contributed by atoms with Crippen LogP contribution in [-0.4, -0.2) is 58.3 Å². The van der Waals surface area contributed by atoms with Crippen LogP contribution in [0.2, 0.25) is 0 Å². The molecule has 2 N–H and O–H groups in total. The summed E-state index contributed by atoms with van der Waals surface area (Å²) in [5.41, 5.74) is 8.91. The summed E-state index contributed by atoms with van der Waals surface area (Å²) in [6.07, 6.45) is 5.80. The quantitative estimate of drug-likeness (QED) is 0.641. The number of morpholine rings is 1. The fourth-order valence-electron chi connectivity index (χ4n) is 4.34. The van der Waals surface area contributed by atoms with Crippen LogP contribution in [0.1, 0.15) is 24.8 Å². The first-order chi connectivity index (χ1) is 16.1. The van der Waals surface area contributed by atoms with Crippen LogP contribution < -0.4 is 10.5 Å². The molecule has 0 spiro atoms. The minimum absolute atomic E-state index is 0.204. The molecule has 0 unspecified atom stereocenters. The molecule has 2 amide bonds. The van der Waals surface area contributed by atoms with E-state index < -0.39 is 6.03 Å². The molecule has 3 heterocycles. The van der Waals surface area contributed by atoms with Gasteiger partial charge in [0.05, 0.1) is 35.8 Å². The molecule has 0 radical (unpaired) electrons. The van der Waals surface area contributed by atoms with Crippen LogP contribution in [-0.2, 0) is 10.2 Å². The van der Waals surface area contributed by atoms with Gasteiger partial charge in [-0.3, -0.25) is 4.98 Å². The molecule has 1 atom stereocenters. The zero-order valence-corrected chi connectivity index (χ0v) is 18.1. The minimum Gasteiger partial charge on any atom is -0.473 e. The number of urea groups is 1. The molecule has 2 aromatic heterocycles. The second kappa shape index (κ2) is 8.64. The van der Waals surface area contributed by atoms with Crippen molar-refractivity contribution in [2.75, 3.05) is 26.3 Å². The van der Waals surface area contributed by atoms with E-state index in [1.54, 1.807) is 12.4 Å². The maximum absolute atomic E-state index is 11.5. The first-order valence-electron chi connectivity index (χ1n) is 11.0. The highest BCUT2D eigenvalue weighted by Crippen LogP contribution is 2.43. The molecule has 1 aliphatic carbocycles. The summed E-state index contributed by atoms with van der Waals surface area (Å²) in [7, 11) is 0. The normalized spacial score (nSPS) is 19.5. The van der Waals surface area contributed by atoms with Gasteiger partial charge >= 0.3 is 6.03 Å². The molecule has 9 heteroatoms. The van der Waals surface area contributed by atoms with E-state index in [-0.39, 0.29) is 18.1 Å². The number of nitrogens with zero attached hydrogens (tertiary/aromatic N) is 5. The Balaban J connectivity index is 1.40. The van der Waals surface area contributed by atoms with Crippen LogP contribution in [0.4, 0.5) is 4.79 Å². The lowest BCUT2D eigenvalue weighted by atomic mass is 9.65. The second-order valence-electron chi connectivity index (χ2n) is 8.45. The lowest BCUT2D eigenvalue weighted by Crippen LogP contribution is -2.49. The molecule has 33 heavy (non-hydrogen) atoms. The third-order valence-corrected chi connectivity index (χ3v) is 6.44. The maximum Gasteiger partial charge on any atom is 0.314 e. The van der Waals surface area contributed by atoms with Crippen LogP contribution >= 0.6 is 0 Å².